The summed E-state index contributed by atoms with van der Waals surface area (Å²) in [6, 6.07) is 3.46. The van der Waals surface area contributed by atoms with E-state index >= 15 is 0 Å². The number of alkyl halides is 1. The van der Waals surface area contributed by atoms with E-state index in [1.165, 1.54) is 6.07 Å². The third-order valence-electron chi connectivity index (χ3n) is 3.36. The van der Waals surface area contributed by atoms with Gasteiger partial charge in [0, 0.05) is 13.2 Å². The van der Waals surface area contributed by atoms with Gasteiger partial charge in [0.1, 0.15) is 11.6 Å². The number of aromatic nitrogens is 2. The van der Waals surface area contributed by atoms with E-state index in [2.05, 4.69) is 16.5 Å². The molecule has 5 heteroatoms. The highest BCUT2D eigenvalue weighted by atomic mass is 35.5. The molecule has 0 aliphatic heterocycles. The number of halogens is 2. The van der Waals surface area contributed by atoms with E-state index in [1.54, 1.807) is 14.0 Å². The molecule has 0 spiro atoms. The fourth-order valence-corrected chi connectivity index (χ4v) is 2.53. The molecule has 0 aliphatic carbocycles. The standard InChI is InChI=1S/C14H18ClFN2O/c1-4-10(8-19-3)18-13-5-9(2)11(16)6-12(13)17-14(18)7-15/h5-6,10H,4,7-8H2,1-3H3. The predicted octanol–water partition coefficient (Wildman–Crippen LogP) is 3.82. The summed E-state index contributed by atoms with van der Waals surface area (Å²) in [5.74, 6) is 0.818. The molecule has 1 aromatic heterocycles. The minimum absolute atomic E-state index is 0.161. The summed E-state index contributed by atoms with van der Waals surface area (Å²) in [5, 5.41) is 0. The fraction of sp³-hybridized carbons (Fsp3) is 0.500. The van der Waals surface area contributed by atoms with Crippen molar-refractivity contribution in [1.29, 1.82) is 0 Å². The van der Waals surface area contributed by atoms with Gasteiger partial charge in [-0.3, -0.25) is 0 Å². The van der Waals surface area contributed by atoms with Gasteiger partial charge in [0.05, 0.1) is 29.6 Å². The first kappa shape index (κ1) is 14.3. The Morgan fingerprint density at radius 1 is 1.47 bits per heavy atom. The third kappa shape index (κ3) is 2.60. The molecule has 0 N–H and O–H groups in total. The minimum Gasteiger partial charge on any atom is -0.383 e. The molecule has 1 heterocycles. The van der Waals surface area contributed by atoms with Gasteiger partial charge in [0.2, 0.25) is 0 Å². The van der Waals surface area contributed by atoms with Crippen LogP contribution in [0.25, 0.3) is 11.0 Å². The number of methoxy groups -OCH3 is 1. The van der Waals surface area contributed by atoms with E-state index in [0.717, 1.165) is 17.8 Å². The molecule has 19 heavy (non-hydrogen) atoms. The Balaban J connectivity index is 2.65. The second-order valence-corrected chi connectivity index (χ2v) is 4.91. The number of fused-ring (bicyclic) bond motifs is 1. The number of ether oxygens (including phenoxy) is 1. The number of benzene rings is 1. The van der Waals surface area contributed by atoms with Gasteiger partial charge in [0.15, 0.2) is 0 Å². The first-order chi connectivity index (χ1) is 9.12. The molecule has 2 rings (SSSR count). The van der Waals surface area contributed by atoms with Crippen LogP contribution in [0, 0.1) is 12.7 Å². The summed E-state index contributed by atoms with van der Waals surface area (Å²) < 4.78 is 20.9. The van der Waals surface area contributed by atoms with Crippen LogP contribution in [0.1, 0.15) is 30.8 Å². The molecule has 1 atom stereocenters. The second kappa shape index (κ2) is 5.88. The van der Waals surface area contributed by atoms with Crippen LogP contribution >= 0.6 is 11.6 Å². The van der Waals surface area contributed by atoms with Crippen LogP contribution in [0.2, 0.25) is 0 Å². The molecular weight excluding hydrogens is 267 g/mol. The summed E-state index contributed by atoms with van der Waals surface area (Å²) in [6.07, 6.45) is 0.902. The van der Waals surface area contributed by atoms with E-state index in [9.17, 15) is 4.39 Å². The quantitative estimate of drug-likeness (QED) is 0.781. The average molecular weight is 285 g/mol. The zero-order valence-electron chi connectivity index (χ0n) is 11.4. The molecule has 1 aromatic carbocycles. The zero-order valence-corrected chi connectivity index (χ0v) is 12.2. The normalized spacial score (nSPS) is 13.1. The molecule has 0 amide bonds. The van der Waals surface area contributed by atoms with Crippen molar-refractivity contribution in [3.05, 3.63) is 29.3 Å². The lowest BCUT2D eigenvalue weighted by molar-refractivity contribution is 0.153. The van der Waals surface area contributed by atoms with Crippen molar-refractivity contribution >= 4 is 22.6 Å². The van der Waals surface area contributed by atoms with Crippen molar-refractivity contribution in [2.24, 2.45) is 0 Å². The smallest absolute Gasteiger partial charge is 0.128 e. The molecule has 3 nitrogen and oxygen atoms in total. The van der Waals surface area contributed by atoms with Gasteiger partial charge in [-0.05, 0) is 25.0 Å². The summed E-state index contributed by atoms with van der Waals surface area (Å²) in [4.78, 5) is 4.42. The minimum atomic E-state index is -0.238. The summed E-state index contributed by atoms with van der Waals surface area (Å²) in [6.45, 7) is 4.43. The predicted molar refractivity (Wildman–Crippen MR) is 75.2 cm³/mol. The molecule has 0 saturated carbocycles. The first-order valence-corrected chi connectivity index (χ1v) is 6.87. The SMILES string of the molecule is CCC(COC)n1c(CCl)nc2cc(F)c(C)cc21. The zero-order chi connectivity index (χ0) is 14.0. The highest BCUT2D eigenvalue weighted by Gasteiger charge is 2.18. The maximum Gasteiger partial charge on any atom is 0.128 e. The van der Waals surface area contributed by atoms with E-state index in [0.29, 0.717) is 23.6 Å². The van der Waals surface area contributed by atoms with Gasteiger partial charge in [0.25, 0.3) is 0 Å². The fourth-order valence-electron chi connectivity index (χ4n) is 2.34. The van der Waals surface area contributed by atoms with Crippen molar-refractivity contribution in [1.82, 2.24) is 9.55 Å². The third-order valence-corrected chi connectivity index (χ3v) is 3.60. The maximum absolute atomic E-state index is 13.6. The molecule has 0 radical (unpaired) electrons. The Labute approximate surface area is 117 Å². The van der Waals surface area contributed by atoms with Crippen molar-refractivity contribution in [3.8, 4) is 0 Å². The maximum atomic E-state index is 13.6. The monoisotopic (exact) mass is 284 g/mol. The van der Waals surface area contributed by atoms with Gasteiger partial charge in [-0.15, -0.1) is 11.6 Å². The van der Waals surface area contributed by atoms with Gasteiger partial charge in [-0.2, -0.15) is 0 Å². The molecule has 104 valence electrons. The van der Waals surface area contributed by atoms with Crippen LogP contribution in [0.5, 0.6) is 0 Å². The van der Waals surface area contributed by atoms with E-state index in [1.807, 2.05) is 6.07 Å². The van der Waals surface area contributed by atoms with E-state index in [-0.39, 0.29) is 11.9 Å². The highest BCUT2D eigenvalue weighted by molar-refractivity contribution is 6.16. The summed E-state index contributed by atoms with van der Waals surface area (Å²) in [5.41, 5.74) is 2.17. The highest BCUT2D eigenvalue weighted by Crippen LogP contribution is 2.26. The van der Waals surface area contributed by atoms with Crippen LogP contribution in [0.15, 0.2) is 12.1 Å². The Morgan fingerprint density at radius 2 is 2.21 bits per heavy atom. The Hall–Kier alpha value is -1.13. The van der Waals surface area contributed by atoms with Crippen molar-refractivity contribution in [3.63, 3.8) is 0 Å². The Bertz CT molecular complexity index is 582. The van der Waals surface area contributed by atoms with E-state index < -0.39 is 0 Å². The van der Waals surface area contributed by atoms with Gasteiger partial charge < -0.3 is 9.30 Å². The second-order valence-electron chi connectivity index (χ2n) is 4.64. The number of imidazole rings is 1. The Morgan fingerprint density at radius 3 is 2.79 bits per heavy atom. The van der Waals surface area contributed by atoms with Gasteiger partial charge >= 0.3 is 0 Å². The lowest BCUT2D eigenvalue weighted by Crippen LogP contribution is -2.16. The molecule has 1 unspecified atom stereocenters. The topological polar surface area (TPSA) is 27.1 Å². The summed E-state index contributed by atoms with van der Waals surface area (Å²) in [7, 11) is 1.67. The molecular formula is C14H18ClFN2O. The van der Waals surface area contributed by atoms with Crippen LogP contribution in [-0.4, -0.2) is 23.3 Å². The molecule has 2 aromatic rings. The van der Waals surface area contributed by atoms with Crippen molar-refractivity contribution < 1.29 is 9.13 Å². The first-order valence-electron chi connectivity index (χ1n) is 6.34. The molecule has 0 bridgehead atoms. The number of rotatable bonds is 5. The van der Waals surface area contributed by atoms with Crippen molar-refractivity contribution in [2.75, 3.05) is 13.7 Å². The molecule has 0 fully saturated rings. The molecule has 0 aliphatic rings. The Kier molecular flexibility index (Phi) is 4.42. The van der Waals surface area contributed by atoms with Crippen LogP contribution in [-0.2, 0) is 10.6 Å². The van der Waals surface area contributed by atoms with E-state index in [4.69, 9.17) is 16.3 Å². The average Bonchev–Trinajstić information content (AvgIpc) is 2.74. The molecule has 0 saturated heterocycles. The van der Waals surface area contributed by atoms with Crippen LogP contribution < -0.4 is 0 Å². The van der Waals surface area contributed by atoms with Crippen LogP contribution in [0.3, 0.4) is 0 Å². The van der Waals surface area contributed by atoms with Gasteiger partial charge in [-0.25, -0.2) is 9.37 Å². The number of hydrogen-bond donors (Lipinski definition) is 0. The summed E-state index contributed by atoms with van der Waals surface area (Å²) >= 11 is 5.97. The largest absolute Gasteiger partial charge is 0.383 e. The van der Waals surface area contributed by atoms with Crippen molar-refractivity contribution in [2.45, 2.75) is 32.2 Å². The van der Waals surface area contributed by atoms with Crippen LogP contribution in [0.4, 0.5) is 4.39 Å². The number of hydrogen-bond acceptors (Lipinski definition) is 2. The number of nitrogens with zero attached hydrogens (tertiary/aromatic N) is 2. The van der Waals surface area contributed by atoms with Gasteiger partial charge in [-0.1, -0.05) is 6.92 Å². The number of aryl methyl sites for hydroxylation is 1. The lowest BCUT2D eigenvalue weighted by atomic mass is 10.2. The lowest BCUT2D eigenvalue weighted by Gasteiger charge is -2.19.